The third kappa shape index (κ3) is 4.97. The van der Waals surface area contributed by atoms with E-state index >= 15 is 0 Å². The molecule has 1 rings (SSSR count). The van der Waals surface area contributed by atoms with Gasteiger partial charge in [-0.2, -0.15) is 0 Å². The van der Waals surface area contributed by atoms with Gasteiger partial charge in [0.1, 0.15) is 6.04 Å². The molecule has 0 aliphatic rings. The van der Waals surface area contributed by atoms with Crippen LogP contribution in [0.3, 0.4) is 0 Å². The molecule has 2 atom stereocenters. The molecule has 0 aliphatic heterocycles. The number of esters is 1. The third-order valence-electron chi connectivity index (χ3n) is 3.76. The largest absolute Gasteiger partial charge is 0.465 e. The van der Waals surface area contributed by atoms with Gasteiger partial charge in [-0.1, -0.05) is 58.0 Å². The fraction of sp³-hybridized carbons (Fsp3) is 0.588. The Morgan fingerprint density at radius 2 is 1.85 bits per heavy atom. The number of nitrogens with one attached hydrogen (secondary N) is 1. The molecule has 0 heterocycles. The zero-order valence-corrected chi connectivity index (χ0v) is 13.3. The number of benzene rings is 1. The number of hydrogen-bond donors (Lipinski definition) is 1. The molecule has 1 aromatic rings. The lowest BCUT2D eigenvalue weighted by Gasteiger charge is -2.29. The molecule has 0 saturated carbocycles. The Labute approximate surface area is 122 Å². The number of carbonyl (C=O) groups excluding carboxylic acids is 1. The van der Waals surface area contributed by atoms with Gasteiger partial charge in [-0.25, -0.2) is 4.79 Å². The molecule has 0 radical (unpaired) electrons. The third-order valence-corrected chi connectivity index (χ3v) is 3.76. The van der Waals surface area contributed by atoms with E-state index in [0.717, 1.165) is 12.1 Å². The van der Waals surface area contributed by atoms with Gasteiger partial charge in [0.25, 0.3) is 0 Å². The van der Waals surface area contributed by atoms with Crippen LogP contribution in [0.1, 0.15) is 46.2 Å². The molecule has 3 heteroatoms. The Morgan fingerprint density at radius 1 is 1.25 bits per heavy atom. The van der Waals surface area contributed by atoms with E-state index in [4.69, 9.17) is 4.74 Å². The molecule has 20 heavy (non-hydrogen) atoms. The van der Waals surface area contributed by atoms with Gasteiger partial charge in [-0.05, 0) is 30.4 Å². The topological polar surface area (TPSA) is 38.3 Å². The fourth-order valence-corrected chi connectivity index (χ4v) is 1.81. The molecular weight excluding hydrogens is 250 g/mol. The van der Waals surface area contributed by atoms with Crippen molar-refractivity contribution in [3.8, 4) is 0 Å². The summed E-state index contributed by atoms with van der Waals surface area (Å²) in [4.78, 5) is 12.1. The second-order valence-electron chi connectivity index (χ2n) is 6.27. The number of rotatable bonds is 6. The van der Waals surface area contributed by atoms with E-state index in [9.17, 15) is 4.79 Å². The highest BCUT2D eigenvalue weighted by atomic mass is 16.5. The Balaban J connectivity index is 2.77. The van der Waals surface area contributed by atoms with E-state index in [2.05, 4.69) is 33.0 Å². The van der Waals surface area contributed by atoms with Crippen LogP contribution in [0.15, 0.2) is 30.3 Å². The van der Waals surface area contributed by atoms with Gasteiger partial charge >= 0.3 is 5.97 Å². The highest BCUT2D eigenvalue weighted by Crippen LogP contribution is 2.25. The average Bonchev–Trinajstić information content (AvgIpc) is 2.39. The van der Waals surface area contributed by atoms with Crippen molar-refractivity contribution in [2.45, 2.75) is 40.7 Å². The molecule has 1 aromatic carbocycles. The normalized spacial score (nSPS) is 14.7. The van der Waals surface area contributed by atoms with Crippen LogP contribution in [0.2, 0.25) is 0 Å². The van der Waals surface area contributed by atoms with Crippen LogP contribution in [0.5, 0.6) is 0 Å². The summed E-state index contributed by atoms with van der Waals surface area (Å²) in [6, 6.07) is 9.35. The number of ether oxygens (including phenoxy) is 1. The maximum absolute atomic E-state index is 12.1. The lowest BCUT2D eigenvalue weighted by molar-refractivity contribution is -0.146. The van der Waals surface area contributed by atoms with E-state index in [1.54, 1.807) is 0 Å². The number of hydrogen-bond acceptors (Lipinski definition) is 3. The van der Waals surface area contributed by atoms with Crippen LogP contribution in [-0.4, -0.2) is 19.1 Å². The Morgan fingerprint density at radius 3 is 2.35 bits per heavy atom. The summed E-state index contributed by atoms with van der Waals surface area (Å²) in [6.45, 7) is 11.8. The van der Waals surface area contributed by atoms with Crippen LogP contribution in [0.25, 0.3) is 0 Å². The van der Waals surface area contributed by atoms with Crippen molar-refractivity contribution in [1.29, 1.82) is 0 Å². The van der Waals surface area contributed by atoms with Crippen LogP contribution in [0.4, 0.5) is 0 Å². The van der Waals surface area contributed by atoms with Gasteiger partial charge in [0, 0.05) is 0 Å². The summed E-state index contributed by atoms with van der Waals surface area (Å²) in [5, 5.41) is 3.35. The van der Waals surface area contributed by atoms with Crippen LogP contribution in [0, 0.1) is 11.3 Å². The van der Waals surface area contributed by atoms with Crippen molar-refractivity contribution in [2.24, 2.45) is 11.3 Å². The van der Waals surface area contributed by atoms with Crippen LogP contribution < -0.4 is 5.32 Å². The zero-order valence-electron chi connectivity index (χ0n) is 13.3. The minimum Gasteiger partial charge on any atom is -0.465 e. The first-order valence-electron chi connectivity index (χ1n) is 7.31. The minimum atomic E-state index is -0.388. The molecule has 0 aliphatic carbocycles. The quantitative estimate of drug-likeness (QED) is 0.808. The first-order valence-corrected chi connectivity index (χ1v) is 7.31. The van der Waals surface area contributed by atoms with Crippen molar-refractivity contribution in [1.82, 2.24) is 5.32 Å². The van der Waals surface area contributed by atoms with Gasteiger partial charge in [0.05, 0.1) is 6.61 Å². The molecule has 2 unspecified atom stereocenters. The molecule has 0 bridgehead atoms. The van der Waals surface area contributed by atoms with E-state index < -0.39 is 0 Å². The molecule has 0 aromatic heterocycles. The summed E-state index contributed by atoms with van der Waals surface area (Å²) in [6.07, 6.45) is 0. The van der Waals surface area contributed by atoms with Crippen molar-refractivity contribution in [3.63, 3.8) is 0 Å². The van der Waals surface area contributed by atoms with Crippen molar-refractivity contribution < 1.29 is 9.53 Å². The van der Waals surface area contributed by atoms with Crippen LogP contribution in [-0.2, 0) is 9.53 Å². The number of carbonyl (C=O) groups is 1. The average molecular weight is 277 g/mol. The molecule has 0 amide bonds. The van der Waals surface area contributed by atoms with Gasteiger partial charge < -0.3 is 10.1 Å². The smallest absolute Gasteiger partial charge is 0.327 e. The van der Waals surface area contributed by atoms with Crippen molar-refractivity contribution in [3.05, 3.63) is 35.9 Å². The predicted molar refractivity (Wildman–Crippen MR) is 82.4 cm³/mol. The van der Waals surface area contributed by atoms with E-state index in [1.165, 1.54) is 0 Å². The SMILES string of the molecule is CCOC(=O)C(NCC(C)C(C)(C)C)c1ccccc1. The lowest BCUT2D eigenvalue weighted by atomic mass is 9.82. The second kappa shape index (κ2) is 7.44. The standard InChI is InChI=1S/C17H27NO2/c1-6-20-16(19)15(14-10-8-7-9-11-14)18-12-13(2)17(3,4)5/h7-11,13,15,18H,6,12H2,1-5H3. The van der Waals surface area contributed by atoms with E-state index in [0.29, 0.717) is 12.5 Å². The lowest BCUT2D eigenvalue weighted by Crippen LogP contribution is -2.36. The zero-order chi connectivity index (χ0) is 15.2. The Kier molecular flexibility index (Phi) is 6.21. The van der Waals surface area contributed by atoms with E-state index in [-0.39, 0.29) is 17.4 Å². The molecule has 0 saturated heterocycles. The Bertz CT molecular complexity index is 409. The predicted octanol–water partition coefficient (Wildman–Crippen LogP) is 3.56. The highest BCUT2D eigenvalue weighted by molar-refractivity contribution is 5.77. The summed E-state index contributed by atoms with van der Waals surface area (Å²) < 4.78 is 5.17. The molecule has 3 nitrogen and oxygen atoms in total. The van der Waals surface area contributed by atoms with Gasteiger partial charge in [0.15, 0.2) is 0 Å². The highest BCUT2D eigenvalue weighted by Gasteiger charge is 2.25. The molecule has 112 valence electrons. The monoisotopic (exact) mass is 277 g/mol. The summed E-state index contributed by atoms with van der Waals surface area (Å²) in [5.41, 5.74) is 1.16. The van der Waals surface area contributed by atoms with Gasteiger partial charge in [0.2, 0.25) is 0 Å². The Hall–Kier alpha value is -1.35. The first kappa shape index (κ1) is 16.7. The fourth-order valence-electron chi connectivity index (χ4n) is 1.81. The van der Waals surface area contributed by atoms with Gasteiger partial charge in [-0.3, -0.25) is 0 Å². The van der Waals surface area contributed by atoms with Crippen molar-refractivity contribution >= 4 is 5.97 Å². The molecule has 1 N–H and O–H groups in total. The molecular formula is C17H27NO2. The van der Waals surface area contributed by atoms with Crippen molar-refractivity contribution in [2.75, 3.05) is 13.2 Å². The maximum atomic E-state index is 12.1. The second-order valence-corrected chi connectivity index (χ2v) is 6.27. The molecule has 0 spiro atoms. The molecule has 0 fully saturated rings. The first-order chi connectivity index (χ1) is 9.36. The maximum Gasteiger partial charge on any atom is 0.327 e. The summed E-state index contributed by atoms with van der Waals surface area (Å²) in [7, 11) is 0. The van der Waals surface area contributed by atoms with E-state index in [1.807, 2.05) is 37.3 Å². The minimum absolute atomic E-state index is 0.209. The summed E-state index contributed by atoms with van der Waals surface area (Å²) in [5.74, 6) is 0.253. The van der Waals surface area contributed by atoms with Gasteiger partial charge in [-0.15, -0.1) is 0 Å². The van der Waals surface area contributed by atoms with Crippen LogP contribution >= 0.6 is 0 Å². The summed E-state index contributed by atoms with van der Waals surface area (Å²) >= 11 is 0.